The number of hydrogen-bond donors (Lipinski definition) is 2. The van der Waals surface area contributed by atoms with E-state index in [-0.39, 0.29) is 17.9 Å². The van der Waals surface area contributed by atoms with Crippen molar-refractivity contribution in [1.82, 2.24) is 10.2 Å². The maximum absolute atomic E-state index is 11.9. The lowest BCUT2D eigenvalue weighted by Crippen LogP contribution is -2.42. The monoisotopic (exact) mass is 283 g/mol. The summed E-state index contributed by atoms with van der Waals surface area (Å²) < 4.78 is 0. The molecule has 0 aliphatic carbocycles. The lowest BCUT2D eigenvalue weighted by atomic mass is 10.2. The van der Waals surface area contributed by atoms with Gasteiger partial charge in [-0.05, 0) is 25.3 Å². The number of likely N-dealkylation sites (N-methyl/N-ethyl adjacent to an activating group) is 1. The predicted molar refractivity (Wildman–Crippen MR) is 78.2 cm³/mol. The predicted octanol–water partition coefficient (Wildman–Crippen LogP) is 1.66. The SMILES string of the molecule is CCN(C)C(=O)C(C)NCc1sccc1NC(C)=O. The Kier molecular flexibility index (Phi) is 5.98. The van der Waals surface area contributed by atoms with Crippen LogP contribution in [0.4, 0.5) is 5.69 Å². The van der Waals surface area contributed by atoms with Gasteiger partial charge in [0.2, 0.25) is 11.8 Å². The van der Waals surface area contributed by atoms with Crippen LogP contribution in [-0.4, -0.2) is 36.3 Å². The number of nitrogens with one attached hydrogen (secondary N) is 2. The highest BCUT2D eigenvalue weighted by atomic mass is 32.1. The van der Waals surface area contributed by atoms with Gasteiger partial charge in [-0.3, -0.25) is 9.59 Å². The Morgan fingerprint density at radius 1 is 1.47 bits per heavy atom. The van der Waals surface area contributed by atoms with Crippen LogP contribution >= 0.6 is 11.3 Å². The highest BCUT2D eigenvalue weighted by Gasteiger charge is 2.16. The molecule has 0 aliphatic rings. The van der Waals surface area contributed by atoms with Crippen molar-refractivity contribution in [2.75, 3.05) is 18.9 Å². The molecule has 1 unspecified atom stereocenters. The summed E-state index contributed by atoms with van der Waals surface area (Å²) in [6, 6.07) is 1.63. The molecule has 0 aromatic carbocycles. The van der Waals surface area contributed by atoms with E-state index in [2.05, 4.69) is 10.6 Å². The Bertz CT molecular complexity index is 445. The maximum atomic E-state index is 11.9. The molecule has 0 spiro atoms. The van der Waals surface area contributed by atoms with Crippen LogP contribution in [0.1, 0.15) is 25.6 Å². The number of carbonyl (C=O) groups excluding carboxylic acids is 2. The van der Waals surface area contributed by atoms with Crippen LogP contribution in [0.15, 0.2) is 11.4 Å². The fourth-order valence-corrected chi connectivity index (χ4v) is 2.38. The van der Waals surface area contributed by atoms with Gasteiger partial charge in [-0.25, -0.2) is 0 Å². The third-order valence-electron chi connectivity index (χ3n) is 2.85. The summed E-state index contributed by atoms with van der Waals surface area (Å²) in [6.45, 7) is 6.54. The van der Waals surface area contributed by atoms with E-state index in [1.807, 2.05) is 25.3 Å². The average Bonchev–Trinajstić information content (AvgIpc) is 2.80. The van der Waals surface area contributed by atoms with E-state index in [0.29, 0.717) is 13.1 Å². The molecule has 1 atom stereocenters. The first-order valence-electron chi connectivity index (χ1n) is 6.28. The number of anilines is 1. The molecule has 0 radical (unpaired) electrons. The van der Waals surface area contributed by atoms with Crippen molar-refractivity contribution >= 4 is 28.8 Å². The van der Waals surface area contributed by atoms with E-state index < -0.39 is 0 Å². The van der Waals surface area contributed by atoms with Crippen molar-refractivity contribution in [3.63, 3.8) is 0 Å². The number of carbonyl (C=O) groups is 2. The quantitative estimate of drug-likeness (QED) is 0.834. The first-order chi connectivity index (χ1) is 8.95. The summed E-state index contributed by atoms with van der Waals surface area (Å²) in [5.74, 6) is -0.0189. The number of rotatable bonds is 6. The number of hydrogen-bond acceptors (Lipinski definition) is 4. The second-order valence-corrected chi connectivity index (χ2v) is 5.39. The Balaban J connectivity index is 2.55. The zero-order valence-corrected chi connectivity index (χ0v) is 12.6. The van der Waals surface area contributed by atoms with Gasteiger partial charge in [-0.1, -0.05) is 0 Å². The highest BCUT2D eigenvalue weighted by Crippen LogP contribution is 2.22. The summed E-state index contributed by atoms with van der Waals surface area (Å²) >= 11 is 1.56. The molecule has 1 aromatic heterocycles. The average molecular weight is 283 g/mol. The lowest BCUT2D eigenvalue weighted by molar-refractivity contribution is -0.131. The van der Waals surface area contributed by atoms with E-state index in [9.17, 15) is 9.59 Å². The number of amides is 2. The summed E-state index contributed by atoms with van der Waals surface area (Å²) in [5.41, 5.74) is 0.813. The molecular weight excluding hydrogens is 262 g/mol. The van der Waals surface area contributed by atoms with E-state index in [1.54, 1.807) is 23.3 Å². The lowest BCUT2D eigenvalue weighted by Gasteiger charge is -2.20. The molecule has 0 aliphatic heterocycles. The molecule has 1 rings (SSSR count). The first-order valence-corrected chi connectivity index (χ1v) is 7.16. The summed E-state index contributed by atoms with van der Waals surface area (Å²) in [5, 5.41) is 7.88. The molecule has 106 valence electrons. The maximum Gasteiger partial charge on any atom is 0.239 e. The molecule has 6 heteroatoms. The van der Waals surface area contributed by atoms with Crippen molar-refractivity contribution in [2.45, 2.75) is 33.4 Å². The summed E-state index contributed by atoms with van der Waals surface area (Å²) in [6.07, 6.45) is 0. The highest BCUT2D eigenvalue weighted by molar-refractivity contribution is 7.10. The van der Waals surface area contributed by atoms with Gasteiger partial charge < -0.3 is 15.5 Å². The van der Waals surface area contributed by atoms with Gasteiger partial charge >= 0.3 is 0 Å². The van der Waals surface area contributed by atoms with Gasteiger partial charge in [-0.2, -0.15) is 0 Å². The topological polar surface area (TPSA) is 61.4 Å². The van der Waals surface area contributed by atoms with E-state index in [1.165, 1.54) is 6.92 Å². The third-order valence-corrected chi connectivity index (χ3v) is 3.77. The van der Waals surface area contributed by atoms with Crippen LogP contribution in [0, 0.1) is 0 Å². The Morgan fingerprint density at radius 2 is 2.16 bits per heavy atom. The fraction of sp³-hybridized carbons (Fsp3) is 0.538. The zero-order chi connectivity index (χ0) is 14.4. The van der Waals surface area contributed by atoms with Crippen molar-refractivity contribution in [2.24, 2.45) is 0 Å². The van der Waals surface area contributed by atoms with Gasteiger partial charge in [0.25, 0.3) is 0 Å². The van der Waals surface area contributed by atoms with Crippen LogP contribution in [0.3, 0.4) is 0 Å². The van der Waals surface area contributed by atoms with E-state index in [0.717, 1.165) is 10.6 Å². The van der Waals surface area contributed by atoms with Crippen LogP contribution in [0.5, 0.6) is 0 Å². The summed E-state index contributed by atoms with van der Waals surface area (Å²) in [7, 11) is 1.79. The molecule has 2 N–H and O–H groups in total. The van der Waals surface area contributed by atoms with Crippen molar-refractivity contribution in [3.05, 3.63) is 16.3 Å². The minimum absolute atomic E-state index is 0.0696. The van der Waals surface area contributed by atoms with E-state index in [4.69, 9.17) is 0 Å². The van der Waals surface area contributed by atoms with Crippen molar-refractivity contribution in [1.29, 1.82) is 0 Å². The number of nitrogens with zero attached hydrogens (tertiary/aromatic N) is 1. The molecular formula is C13H21N3O2S. The molecule has 2 amide bonds. The van der Waals surface area contributed by atoms with Gasteiger partial charge in [0.15, 0.2) is 0 Å². The second-order valence-electron chi connectivity index (χ2n) is 4.39. The molecule has 0 saturated heterocycles. The van der Waals surface area contributed by atoms with Gasteiger partial charge in [0.1, 0.15) is 0 Å². The minimum atomic E-state index is -0.239. The Hall–Kier alpha value is -1.40. The smallest absolute Gasteiger partial charge is 0.239 e. The fourth-order valence-electron chi connectivity index (χ4n) is 1.60. The Labute approximate surface area is 118 Å². The molecule has 19 heavy (non-hydrogen) atoms. The standard InChI is InChI=1S/C13H21N3O2S/c1-5-16(4)13(18)9(2)14-8-12-11(6-7-19-12)15-10(3)17/h6-7,9,14H,5,8H2,1-4H3,(H,15,17). The zero-order valence-electron chi connectivity index (χ0n) is 11.8. The van der Waals surface area contributed by atoms with Gasteiger partial charge in [0.05, 0.1) is 11.7 Å². The molecule has 0 saturated carbocycles. The largest absolute Gasteiger partial charge is 0.345 e. The van der Waals surface area contributed by atoms with Gasteiger partial charge in [-0.15, -0.1) is 11.3 Å². The van der Waals surface area contributed by atoms with Crippen LogP contribution in [-0.2, 0) is 16.1 Å². The van der Waals surface area contributed by atoms with Crippen molar-refractivity contribution in [3.8, 4) is 0 Å². The van der Waals surface area contributed by atoms with Crippen LogP contribution in [0.2, 0.25) is 0 Å². The Morgan fingerprint density at radius 3 is 2.74 bits per heavy atom. The third kappa shape index (κ3) is 4.65. The minimum Gasteiger partial charge on any atom is -0.345 e. The molecule has 1 heterocycles. The normalized spacial score (nSPS) is 12.0. The molecule has 0 bridgehead atoms. The van der Waals surface area contributed by atoms with Crippen LogP contribution < -0.4 is 10.6 Å². The van der Waals surface area contributed by atoms with Crippen molar-refractivity contribution < 1.29 is 9.59 Å². The molecule has 5 nitrogen and oxygen atoms in total. The summed E-state index contributed by atoms with van der Waals surface area (Å²) in [4.78, 5) is 25.6. The van der Waals surface area contributed by atoms with Crippen LogP contribution in [0.25, 0.3) is 0 Å². The second kappa shape index (κ2) is 7.25. The first kappa shape index (κ1) is 15.7. The number of thiophene rings is 1. The van der Waals surface area contributed by atoms with Gasteiger partial charge in [0, 0.05) is 31.9 Å². The molecule has 1 aromatic rings. The van der Waals surface area contributed by atoms with E-state index >= 15 is 0 Å². The molecule has 0 fully saturated rings.